The fraction of sp³-hybridized carbons (Fsp3) is 0.833. The highest BCUT2D eigenvalue weighted by atomic mass is 28.4. The third kappa shape index (κ3) is 3.83. The van der Waals surface area contributed by atoms with Crippen LogP contribution in [0.1, 0.15) is 48.5 Å². The maximum atomic E-state index is 12.7. The highest BCUT2D eigenvalue weighted by Crippen LogP contribution is 2.40. The molecule has 2 rings (SSSR count). The second-order valence-corrected chi connectivity index (χ2v) is 13.6. The molecule has 3 atom stereocenters. The summed E-state index contributed by atoms with van der Waals surface area (Å²) in [4.78, 5) is 12.7. The highest BCUT2D eigenvalue weighted by molar-refractivity contribution is 6.74. The summed E-state index contributed by atoms with van der Waals surface area (Å²) in [6.07, 6.45) is -1.58. The molecule has 5 nitrogen and oxygen atoms in total. The van der Waals surface area contributed by atoms with Gasteiger partial charge in [-0.05, 0) is 57.0 Å². The predicted octanol–water partition coefficient (Wildman–Crippen LogP) is 3.79. The Hall–Kier alpha value is -0.533. The molecule has 0 saturated carbocycles. The summed E-state index contributed by atoms with van der Waals surface area (Å²) >= 11 is 0. The van der Waals surface area contributed by atoms with E-state index in [4.69, 9.17) is 18.6 Å². The zero-order valence-corrected chi connectivity index (χ0v) is 17.5. The fourth-order valence-corrected chi connectivity index (χ4v) is 3.68. The lowest BCUT2D eigenvalue weighted by atomic mass is 9.96. The van der Waals surface area contributed by atoms with Gasteiger partial charge in [0.05, 0.1) is 6.61 Å². The molecule has 0 N–H and O–H groups in total. The second-order valence-electron chi connectivity index (χ2n) is 8.81. The molecule has 0 radical (unpaired) electrons. The molecule has 6 heteroatoms. The molecule has 24 heavy (non-hydrogen) atoms. The van der Waals surface area contributed by atoms with Crippen LogP contribution in [0.2, 0.25) is 18.1 Å². The van der Waals surface area contributed by atoms with Crippen molar-refractivity contribution in [1.29, 1.82) is 0 Å². The standard InChI is InChI=1S/C18H32O5Si/c1-11-12(2)16(23-24(8,9)17(3,4)5)21-15(14(11)19)13-10-20-18(6,7)22-13/h13,15-16H,10H2,1-9H3/t13-,15-,16-/m0/s1. The Balaban J connectivity index is 2.23. The summed E-state index contributed by atoms with van der Waals surface area (Å²) in [6.45, 7) is 18.7. The summed E-state index contributed by atoms with van der Waals surface area (Å²) < 4.78 is 24.0. The Kier molecular flexibility index (Phi) is 5.21. The average Bonchev–Trinajstić information content (AvgIpc) is 2.78. The van der Waals surface area contributed by atoms with Gasteiger partial charge in [0.2, 0.25) is 0 Å². The van der Waals surface area contributed by atoms with Crippen LogP contribution in [-0.4, -0.2) is 45.0 Å². The molecular weight excluding hydrogens is 324 g/mol. The Morgan fingerprint density at radius 2 is 1.79 bits per heavy atom. The number of hydrogen-bond acceptors (Lipinski definition) is 5. The van der Waals surface area contributed by atoms with E-state index in [0.717, 1.165) is 5.57 Å². The van der Waals surface area contributed by atoms with Gasteiger partial charge in [0.25, 0.3) is 0 Å². The Labute approximate surface area is 146 Å². The number of hydrogen-bond donors (Lipinski definition) is 0. The largest absolute Gasteiger partial charge is 0.389 e. The molecule has 0 unspecified atom stereocenters. The van der Waals surface area contributed by atoms with Crippen LogP contribution in [0.4, 0.5) is 0 Å². The first-order valence-corrected chi connectivity index (χ1v) is 11.5. The maximum absolute atomic E-state index is 12.7. The van der Waals surface area contributed by atoms with Gasteiger partial charge in [-0.25, -0.2) is 0 Å². The minimum absolute atomic E-state index is 0.0334. The highest BCUT2D eigenvalue weighted by Gasteiger charge is 2.47. The normalized spacial score (nSPS) is 31.7. The summed E-state index contributed by atoms with van der Waals surface area (Å²) in [7, 11) is -2.03. The van der Waals surface area contributed by atoms with Gasteiger partial charge in [0, 0.05) is 0 Å². The van der Waals surface area contributed by atoms with Crippen LogP contribution < -0.4 is 0 Å². The van der Waals surface area contributed by atoms with Crippen LogP contribution in [-0.2, 0) is 23.4 Å². The molecular formula is C18H32O5Si. The van der Waals surface area contributed by atoms with Gasteiger partial charge < -0.3 is 18.6 Å². The van der Waals surface area contributed by atoms with Gasteiger partial charge in [-0.15, -0.1) is 0 Å². The van der Waals surface area contributed by atoms with E-state index in [1.807, 2.05) is 27.7 Å². The topological polar surface area (TPSA) is 54.0 Å². The SMILES string of the molecule is CC1=C(C)[C@H](O[Si](C)(C)C(C)(C)C)O[C@@H]([C@@H]2COC(C)(C)O2)C1=O. The fourth-order valence-electron chi connectivity index (χ4n) is 2.56. The van der Waals surface area contributed by atoms with Gasteiger partial charge in [-0.3, -0.25) is 4.79 Å². The monoisotopic (exact) mass is 356 g/mol. The molecule has 2 aliphatic heterocycles. The van der Waals surface area contributed by atoms with Crippen molar-refractivity contribution in [3.8, 4) is 0 Å². The summed E-state index contributed by atoms with van der Waals surface area (Å²) in [5.74, 6) is -0.720. The molecule has 0 aromatic heterocycles. The van der Waals surface area contributed by atoms with Crippen LogP contribution in [0.3, 0.4) is 0 Å². The molecule has 0 aromatic carbocycles. The quantitative estimate of drug-likeness (QED) is 0.720. The van der Waals surface area contributed by atoms with Crippen LogP contribution >= 0.6 is 0 Å². The van der Waals surface area contributed by atoms with Gasteiger partial charge in [-0.2, -0.15) is 0 Å². The minimum atomic E-state index is -2.03. The third-order valence-electron chi connectivity index (χ3n) is 5.42. The van der Waals surface area contributed by atoms with E-state index < -0.39 is 32.6 Å². The van der Waals surface area contributed by atoms with Gasteiger partial charge in [0.1, 0.15) is 6.10 Å². The molecule has 2 aliphatic rings. The van der Waals surface area contributed by atoms with Crippen molar-refractivity contribution in [3.05, 3.63) is 11.1 Å². The smallest absolute Gasteiger partial charge is 0.195 e. The summed E-state index contributed by atoms with van der Waals surface area (Å²) in [5.41, 5.74) is 1.57. The van der Waals surface area contributed by atoms with Crippen molar-refractivity contribution in [1.82, 2.24) is 0 Å². The molecule has 0 spiro atoms. The summed E-state index contributed by atoms with van der Waals surface area (Å²) in [5, 5.41) is 0.0659. The van der Waals surface area contributed by atoms with Crippen LogP contribution in [0.5, 0.6) is 0 Å². The van der Waals surface area contributed by atoms with Crippen molar-refractivity contribution >= 4 is 14.1 Å². The Morgan fingerprint density at radius 3 is 2.25 bits per heavy atom. The van der Waals surface area contributed by atoms with Gasteiger partial charge >= 0.3 is 0 Å². The number of ketones is 1. The third-order valence-corrected chi connectivity index (χ3v) is 9.83. The molecule has 0 aromatic rings. The molecule has 0 bridgehead atoms. The van der Waals surface area contributed by atoms with E-state index in [1.165, 1.54) is 0 Å². The van der Waals surface area contributed by atoms with Crippen LogP contribution in [0.15, 0.2) is 11.1 Å². The summed E-state index contributed by atoms with van der Waals surface area (Å²) in [6, 6.07) is 0. The molecule has 1 saturated heterocycles. The Morgan fingerprint density at radius 1 is 1.21 bits per heavy atom. The lowest BCUT2D eigenvalue weighted by Gasteiger charge is -2.42. The average molecular weight is 357 g/mol. The van der Waals surface area contributed by atoms with E-state index in [0.29, 0.717) is 12.2 Å². The Bertz CT molecular complexity index is 544. The van der Waals surface area contributed by atoms with Crippen LogP contribution in [0, 0.1) is 0 Å². The first-order valence-electron chi connectivity index (χ1n) is 8.62. The lowest BCUT2D eigenvalue weighted by Crippen LogP contribution is -2.51. The van der Waals surface area contributed by atoms with Gasteiger partial charge in [-0.1, -0.05) is 20.8 Å². The lowest BCUT2D eigenvalue weighted by molar-refractivity contribution is -0.186. The number of carbonyl (C=O) groups excluding carboxylic acids is 1. The van der Waals surface area contributed by atoms with Gasteiger partial charge in [0.15, 0.2) is 32.3 Å². The first kappa shape index (κ1) is 19.8. The van der Waals surface area contributed by atoms with E-state index in [9.17, 15) is 4.79 Å². The minimum Gasteiger partial charge on any atom is -0.389 e. The number of carbonyl (C=O) groups is 1. The molecule has 0 aliphatic carbocycles. The van der Waals surface area contributed by atoms with E-state index in [2.05, 4.69) is 33.9 Å². The van der Waals surface area contributed by atoms with Crippen molar-refractivity contribution in [3.63, 3.8) is 0 Å². The number of Topliss-reactive ketones (excluding diaryl/α,β-unsaturated/α-hetero) is 1. The molecule has 1 fully saturated rings. The van der Waals surface area contributed by atoms with Crippen molar-refractivity contribution in [2.75, 3.05) is 6.61 Å². The van der Waals surface area contributed by atoms with E-state index in [1.54, 1.807) is 0 Å². The molecule has 138 valence electrons. The molecule has 2 heterocycles. The van der Waals surface area contributed by atoms with Crippen molar-refractivity contribution in [2.24, 2.45) is 0 Å². The zero-order chi connectivity index (χ0) is 18.5. The zero-order valence-electron chi connectivity index (χ0n) is 16.5. The predicted molar refractivity (Wildman–Crippen MR) is 95.2 cm³/mol. The number of ether oxygens (including phenoxy) is 3. The van der Waals surface area contributed by atoms with Crippen molar-refractivity contribution in [2.45, 2.75) is 90.9 Å². The molecule has 0 amide bonds. The maximum Gasteiger partial charge on any atom is 0.195 e. The second kappa shape index (κ2) is 6.32. The number of rotatable bonds is 3. The van der Waals surface area contributed by atoms with E-state index in [-0.39, 0.29) is 10.8 Å². The van der Waals surface area contributed by atoms with Crippen LogP contribution in [0.25, 0.3) is 0 Å². The first-order chi connectivity index (χ1) is 10.8. The van der Waals surface area contributed by atoms with Crippen molar-refractivity contribution < 1.29 is 23.4 Å². The van der Waals surface area contributed by atoms with E-state index >= 15 is 0 Å².